The highest BCUT2D eigenvalue weighted by molar-refractivity contribution is 6.37. The summed E-state index contributed by atoms with van der Waals surface area (Å²) >= 11 is 12.6. The fourth-order valence-electron chi connectivity index (χ4n) is 4.17. The number of hydrogen-bond acceptors (Lipinski definition) is 7. The van der Waals surface area contributed by atoms with Crippen LogP contribution in [0.1, 0.15) is 0 Å². The summed E-state index contributed by atoms with van der Waals surface area (Å²) in [4.78, 5) is 26.8. The van der Waals surface area contributed by atoms with E-state index in [4.69, 9.17) is 28.6 Å². The van der Waals surface area contributed by atoms with E-state index in [1.54, 1.807) is 25.2 Å². The lowest BCUT2D eigenvalue weighted by molar-refractivity contribution is 0.313. The Hall–Kier alpha value is -3.40. The van der Waals surface area contributed by atoms with Crippen LogP contribution in [-0.4, -0.2) is 57.2 Å². The molecule has 35 heavy (non-hydrogen) atoms. The number of aromatic nitrogens is 4. The zero-order chi connectivity index (χ0) is 24.7. The van der Waals surface area contributed by atoms with Gasteiger partial charge in [0.1, 0.15) is 5.49 Å². The number of nitrogens with one attached hydrogen (secondary N) is 2. The minimum absolute atomic E-state index is 0.0961. The normalized spacial score (nSPS) is 14.5. The number of fused-ring (bicyclic) bond motifs is 1. The van der Waals surface area contributed by atoms with Gasteiger partial charge >= 0.3 is 5.69 Å². The second-order valence-electron chi connectivity index (χ2n) is 8.49. The monoisotopic (exact) mass is 510 g/mol. The van der Waals surface area contributed by atoms with Gasteiger partial charge in [-0.05, 0) is 43.4 Å². The first-order chi connectivity index (χ1) is 16.8. The van der Waals surface area contributed by atoms with Crippen molar-refractivity contribution in [2.75, 3.05) is 43.4 Å². The molecule has 180 valence electrons. The molecule has 3 heterocycles. The van der Waals surface area contributed by atoms with Gasteiger partial charge in [0.25, 0.3) is 0 Å². The van der Waals surface area contributed by atoms with Crippen molar-refractivity contribution < 1.29 is 0 Å². The number of anilines is 3. The topological polar surface area (TPSA) is 95.1 Å². The molecule has 0 saturated carbocycles. The average molecular weight is 511 g/mol. The van der Waals surface area contributed by atoms with Crippen molar-refractivity contribution in [3.05, 3.63) is 74.7 Å². The van der Waals surface area contributed by atoms with Gasteiger partial charge in [-0.2, -0.15) is 4.98 Å². The molecule has 2 aromatic carbocycles. The first kappa shape index (κ1) is 23.3. The van der Waals surface area contributed by atoms with Gasteiger partial charge in [-0.25, -0.2) is 14.3 Å². The second kappa shape index (κ2) is 9.33. The van der Waals surface area contributed by atoms with E-state index in [-0.39, 0.29) is 21.2 Å². The standard InChI is InChI=1S/C24H24Cl2N8O/c1-31-10-12-33(13-11-31)16-8-6-15(7-9-16)29-23-28-14-17-21(27)34(24(35)32(2)22(17)30-23)20-18(25)4-3-5-19(20)26/h3-9,14,27H,10-13H2,1-2H3,(H,28,29,30). The third-order valence-corrected chi connectivity index (χ3v) is 6.81. The number of rotatable bonds is 4. The van der Waals surface area contributed by atoms with Crippen molar-refractivity contribution in [3.63, 3.8) is 0 Å². The summed E-state index contributed by atoms with van der Waals surface area (Å²) in [6, 6.07) is 13.0. The number of hydrogen-bond donors (Lipinski definition) is 2. The highest BCUT2D eigenvalue weighted by atomic mass is 35.5. The zero-order valence-corrected chi connectivity index (χ0v) is 20.8. The van der Waals surface area contributed by atoms with Gasteiger partial charge in [0.05, 0.1) is 21.1 Å². The molecule has 9 nitrogen and oxygen atoms in total. The van der Waals surface area contributed by atoms with Crippen LogP contribution in [-0.2, 0) is 7.05 Å². The summed E-state index contributed by atoms with van der Waals surface area (Å²) in [7, 11) is 3.73. The maximum Gasteiger partial charge on any atom is 0.335 e. The van der Waals surface area contributed by atoms with Gasteiger partial charge in [0.15, 0.2) is 5.65 Å². The maximum absolute atomic E-state index is 13.2. The molecular formula is C24H24Cl2N8O. The van der Waals surface area contributed by atoms with Crippen molar-refractivity contribution in [3.8, 4) is 5.69 Å². The molecule has 1 saturated heterocycles. The fourth-order valence-corrected chi connectivity index (χ4v) is 4.74. The van der Waals surface area contributed by atoms with Gasteiger partial charge < -0.3 is 15.1 Å². The molecule has 1 fully saturated rings. The maximum atomic E-state index is 13.2. The minimum Gasteiger partial charge on any atom is -0.369 e. The van der Waals surface area contributed by atoms with Crippen LogP contribution in [0.5, 0.6) is 0 Å². The highest BCUT2D eigenvalue weighted by Crippen LogP contribution is 2.27. The number of piperazine rings is 1. The van der Waals surface area contributed by atoms with Gasteiger partial charge in [-0.1, -0.05) is 29.3 Å². The van der Waals surface area contributed by atoms with Gasteiger partial charge in [-0.15, -0.1) is 0 Å². The number of likely N-dealkylation sites (N-methyl/N-ethyl adjacent to an activating group) is 1. The van der Waals surface area contributed by atoms with Crippen LogP contribution in [0.3, 0.4) is 0 Å². The van der Waals surface area contributed by atoms with Crippen LogP contribution in [0.2, 0.25) is 10.0 Å². The fraction of sp³-hybridized carbons (Fsp3) is 0.250. The van der Waals surface area contributed by atoms with E-state index in [9.17, 15) is 4.79 Å². The number of aryl methyl sites for hydroxylation is 1. The molecule has 2 aromatic heterocycles. The van der Waals surface area contributed by atoms with Crippen molar-refractivity contribution in [1.29, 1.82) is 5.41 Å². The summed E-state index contributed by atoms with van der Waals surface area (Å²) in [5, 5.41) is 12.8. The van der Waals surface area contributed by atoms with Crippen molar-refractivity contribution in [2.24, 2.45) is 7.05 Å². The first-order valence-corrected chi connectivity index (χ1v) is 11.9. The predicted octanol–water partition coefficient (Wildman–Crippen LogP) is 3.40. The minimum atomic E-state index is -0.487. The summed E-state index contributed by atoms with van der Waals surface area (Å²) < 4.78 is 2.52. The van der Waals surface area contributed by atoms with Gasteiger partial charge in [0.2, 0.25) is 5.95 Å². The summed E-state index contributed by atoms with van der Waals surface area (Å²) in [6.07, 6.45) is 1.52. The molecule has 0 radical (unpaired) electrons. The van der Waals surface area contributed by atoms with Crippen LogP contribution < -0.4 is 21.4 Å². The van der Waals surface area contributed by atoms with E-state index in [2.05, 4.69) is 44.3 Å². The predicted molar refractivity (Wildman–Crippen MR) is 139 cm³/mol. The molecule has 0 spiro atoms. The number of halogens is 2. The van der Waals surface area contributed by atoms with E-state index in [1.807, 2.05) is 12.1 Å². The highest BCUT2D eigenvalue weighted by Gasteiger charge is 2.17. The van der Waals surface area contributed by atoms with E-state index < -0.39 is 5.69 Å². The Bertz CT molecular complexity index is 1500. The van der Waals surface area contributed by atoms with Gasteiger partial charge in [-0.3, -0.25) is 9.98 Å². The summed E-state index contributed by atoms with van der Waals surface area (Å²) in [5.41, 5.74) is 2.00. The molecule has 0 unspecified atom stereocenters. The second-order valence-corrected chi connectivity index (χ2v) is 9.30. The molecule has 0 atom stereocenters. The molecular weight excluding hydrogens is 487 g/mol. The molecule has 2 N–H and O–H groups in total. The van der Waals surface area contributed by atoms with Crippen LogP contribution in [0.25, 0.3) is 16.7 Å². The SMILES string of the molecule is CN1CCN(c2ccc(Nc3ncc4c(=N)n(-c5c(Cl)cccc5Cl)c(=O)n(C)c4n3)cc2)CC1. The molecule has 1 aliphatic rings. The van der Waals surface area contributed by atoms with Crippen LogP contribution in [0.15, 0.2) is 53.5 Å². The van der Waals surface area contributed by atoms with E-state index >= 15 is 0 Å². The zero-order valence-electron chi connectivity index (χ0n) is 19.3. The number of benzene rings is 2. The van der Waals surface area contributed by atoms with Crippen molar-refractivity contribution in [1.82, 2.24) is 24.0 Å². The summed E-state index contributed by atoms with van der Waals surface area (Å²) in [5.74, 6) is 0.327. The lowest BCUT2D eigenvalue weighted by atomic mass is 10.2. The quantitative estimate of drug-likeness (QED) is 0.436. The van der Waals surface area contributed by atoms with Crippen LogP contribution in [0.4, 0.5) is 17.3 Å². The molecule has 5 rings (SSSR count). The lowest BCUT2D eigenvalue weighted by Gasteiger charge is -2.34. The van der Waals surface area contributed by atoms with E-state index in [0.29, 0.717) is 17.0 Å². The van der Waals surface area contributed by atoms with Crippen molar-refractivity contribution in [2.45, 2.75) is 0 Å². The van der Waals surface area contributed by atoms with E-state index in [0.717, 1.165) is 31.9 Å². The Balaban J connectivity index is 1.47. The van der Waals surface area contributed by atoms with E-state index in [1.165, 1.54) is 21.0 Å². The van der Waals surface area contributed by atoms with Crippen molar-refractivity contribution >= 4 is 51.6 Å². The Kier molecular flexibility index (Phi) is 6.22. The average Bonchev–Trinajstić information content (AvgIpc) is 2.85. The first-order valence-electron chi connectivity index (χ1n) is 11.1. The molecule has 1 aliphatic heterocycles. The summed E-state index contributed by atoms with van der Waals surface area (Å²) in [6.45, 7) is 4.09. The third-order valence-electron chi connectivity index (χ3n) is 6.20. The Morgan fingerprint density at radius 3 is 2.29 bits per heavy atom. The molecule has 4 aromatic rings. The van der Waals surface area contributed by atoms with Crippen LogP contribution >= 0.6 is 23.2 Å². The molecule has 0 aliphatic carbocycles. The smallest absolute Gasteiger partial charge is 0.335 e. The number of para-hydroxylation sites is 1. The lowest BCUT2D eigenvalue weighted by Crippen LogP contribution is -2.44. The third kappa shape index (κ3) is 4.38. The molecule has 0 bridgehead atoms. The van der Waals surface area contributed by atoms with Gasteiger partial charge in [0, 0.05) is 50.8 Å². The largest absolute Gasteiger partial charge is 0.369 e. The molecule has 0 amide bonds. The Labute approximate surface area is 211 Å². The number of nitrogens with zero attached hydrogens (tertiary/aromatic N) is 6. The van der Waals surface area contributed by atoms with Crippen LogP contribution in [0, 0.1) is 5.41 Å². The Morgan fingerprint density at radius 2 is 1.63 bits per heavy atom. The molecule has 11 heteroatoms. The Morgan fingerprint density at radius 1 is 0.971 bits per heavy atom.